The second-order valence-electron chi connectivity index (χ2n) is 5.04. The second-order valence-corrected chi connectivity index (χ2v) is 5.45. The highest BCUT2D eigenvalue weighted by atomic mass is 32.1. The predicted octanol–water partition coefficient (Wildman–Crippen LogP) is 0.317. The van der Waals surface area contributed by atoms with Gasteiger partial charge in [-0.2, -0.15) is 5.10 Å². The molecule has 5 N–H and O–H groups in total. The molecule has 1 amide bonds. The van der Waals surface area contributed by atoms with E-state index >= 15 is 0 Å². The summed E-state index contributed by atoms with van der Waals surface area (Å²) in [6.45, 7) is 2.19. The third-order valence-corrected chi connectivity index (χ3v) is 3.44. The zero-order chi connectivity index (χ0) is 18.2. The van der Waals surface area contributed by atoms with Crippen LogP contribution in [0.5, 0.6) is 0 Å². The SMILES string of the molecule is CCOC(=O)NC(=S)NCC(O)CNc1n[nH]c(=O)c2ccccc12. The first-order chi connectivity index (χ1) is 12.0. The fraction of sp³-hybridized carbons (Fsp3) is 0.333. The highest BCUT2D eigenvalue weighted by Crippen LogP contribution is 2.16. The zero-order valence-corrected chi connectivity index (χ0v) is 14.4. The molecule has 134 valence electrons. The van der Waals surface area contributed by atoms with Crippen LogP contribution >= 0.6 is 12.2 Å². The Hall–Kier alpha value is -2.72. The molecule has 0 fully saturated rings. The number of carbonyl (C=O) groups is 1. The smallest absolute Gasteiger partial charge is 0.413 e. The van der Waals surface area contributed by atoms with E-state index in [2.05, 4.69) is 30.9 Å². The molecule has 1 heterocycles. The Bertz CT molecular complexity index is 810. The summed E-state index contributed by atoms with van der Waals surface area (Å²) in [5.74, 6) is 0.460. The van der Waals surface area contributed by atoms with Gasteiger partial charge in [0.05, 0.1) is 18.1 Å². The Morgan fingerprint density at radius 3 is 2.80 bits per heavy atom. The summed E-state index contributed by atoms with van der Waals surface area (Å²) in [5, 5.41) is 25.6. The third kappa shape index (κ3) is 5.40. The first-order valence-electron chi connectivity index (χ1n) is 7.62. The molecule has 2 aromatic rings. The van der Waals surface area contributed by atoms with Crippen LogP contribution in [0.3, 0.4) is 0 Å². The van der Waals surface area contributed by atoms with Crippen molar-refractivity contribution in [3.8, 4) is 0 Å². The summed E-state index contributed by atoms with van der Waals surface area (Å²) in [6.07, 6.45) is -1.47. The van der Waals surface area contributed by atoms with E-state index in [-0.39, 0.29) is 30.4 Å². The Morgan fingerprint density at radius 1 is 1.36 bits per heavy atom. The number of ether oxygens (including phenoxy) is 1. The summed E-state index contributed by atoms with van der Waals surface area (Å²) >= 11 is 4.91. The number of H-pyrrole nitrogens is 1. The number of thiocarbonyl (C=S) groups is 1. The number of amides is 1. The van der Waals surface area contributed by atoms with Gasteiger partial charge in [-0.1, -0.05) is 18.2 Å². The lowest BCUT2D eigenvalue weighted by Gasteiger charge is -2.15. The number of nitrogens with zero attached hydrogens (tertiary/aromatic N) is 1. The van der Waals surface area contributed by atoms with Gasteiger partial charge in [-0.25, -0.2) is 9.89 Å². The molecule has 1 aromatic heterocycles. The lowest BCUT2D eigenvalue weighted by Crippen LogP contribution is -2.43. The van der Waals surface area contributed by atoms with Crippen LogP contribution in [-0.2, 0) is 4.74 Å². The summed E-state index contributed by atoms with van der Waals surface area (Å²) in [5.41, 5.74) is -0.279. The largest absolute Gasteiger partial charge is 0.450 e. The molecule has 0 aliphatic heterocycles. The number of benzene rings is 1. The summed E-state index contributed by atoms with van der Waals surface area (Å²) in [7, 11) is 0. The average Bonchev–Trinajstić information content (AvgIpc) is 2.60. The molecule has 9 nitrogen and oxygen atoms in total. The van der Waals surface area contributed by atoms with Crippen LogP contribution in [0, 0.1) is 0 Å². The molecule has 0 aliphatic rings. The lowest BCUT2D eigenvalue weighted by molar-refractivity contribution is 0.157. The number of carbonyl (C=O) groups excluding carboxylic acids is 1. The van der Waals surface area contributed by atoms with Gasteiger partial charge in [0, 0.05) is 18.5 Å². The number of rotatable bonds is 6. The van der Waals surface area contributed by atoms with E-state index in [9.17, 15) is 14.7 Å². The fourth-order valence-electron chi connectivity index (χ4n) is 2.05. The van der Waals surface area contributed by atoms with Gasteiger partial charge in [0.1, 0.15) is 0 Å². The van der Waals surface area contributed by atoms with Gasteiger partial charge in [0.2, 0.25) is 0 Å². The van der Waals surface area contributed by atoms with Crippen molar-refractivity contribution >= 4 is 40.0 Å². The van der Waals surface area contributed by atoms with Crippen molar-refractivity contribution in [2.45, 2.75) is 13.0 Å². The van der Waals surface area contributed by atoms with E-state index in [0.717, 1.165) is 0 Å². The molecule has 1 aromatic carbocycles. The lowest BCUT2D eigenvalue weighted by atomic mass is 10.2. The second kappa shape index (κ2) is 8.94. The van der Waals surface area contributed by atoms with Gasteiger partial charge in [0.15, 0.2) is 10.9 Å². The molecule has 1 unspecified atom stereocenters. The minimum Gasteiger partial charge on any atom is -0.450 e. The van der Waals surface area contributed by atoms with Crippen LogP contribution in [0.2, 0.25) is 0 Å². The third-order valence-electron chi connectivity index (χ3n) is 3.19. The Morgan fingerprint density at radius 2 is 2.08 bits per heavy atom. The van der Waals surface area contributed by atoms with Crippen LogP contribution in [0.25, 0.3) is 10.8 Å². The van der Waals surface area contributed by atoms with Crippen LogP contribution in [0.1, 0.15) is 6.92 Å². The topological polar surface area (TPSA) is 128 Å². The minimum absolute atomic E-state index is 0.0603. The van der Waals surface area contributed by atoms with E-state index in [1.807, 2.05) is 0 Å². The monoisotopic (exact) mass is 365 g/mol. The summed E-state index contributed by atoms with van der Waals surface area (Å²) in [6, 6.07) is 7.02. The Kier molecular flexibility index (Phi) is 6.66. The van der Waals surface area contributed by atoms with Crippen molar-refractivity contribution in [1.82, 2.24) is 20.8 Å². The number of nitrogens with one attached hydrogen (secondary N) is 4. The van der Waals surface area contributed by atoms with Crippen molar-refractivity contribution in [3.63, 3.8) is 0 Å². The molecule has 0 saturated heterocycles. The number of aromatic amines is 1. The highest BCUT2D eigenvalue weighted by molar-refractivity contribution is 7.80. The maximum Gasteiger partial charge on any atom is 0.413 e. The Labute approximate surface area is 148 Å². The van der Waals surface area contributed by atoms with Gasteiger partial charge in [-0.15, -0.1) is 0 Å². The van der Waals surface area contributed by atoms with Crippen molar-refractivity contribution in [3.05, 3.63) is 34.6 Å². The number of anilines is 1. The normalized spacial score (nSPS) is 11.6. The predicted molar refractivity (Wildman–Crippen MR) is 97.6 cm³/mol. The number of hydrogen-bond donors (Lipinski definition) is 5. The molecule has 2 rings (SSSR count). The summed E-state index contributed by atoms with van der Waals surface area (Å²) in [4.78, 5) is 22.9. The average molecular weight is 365 g/mol. The molecule has 0 aliphatic carbocycles. The molecule has 10 heteroatoms. The quantitative estimate of drug-likeness (QED) is 0.463. The fourth-order valence-corrected chi connectivity index (χ4v) is 2.22. The molecular weight excluding hydrogens is 346 g/mol. The minimum atomic E-state index is -0.811. The van der Waals surface area contributed by atoms with Crippen LogP contribution < -0.4 is 21.5 Å². The highest BCUT2D eigenvalue weighted by Gasteiger charge is 2.10. The number of aliphatic hydroxyl groups is 1. The van der Waals surface area contributed by atoms with Crippen LogP contribution in [0.15, 0.2) is 29.1 Å². The molecule has 0 spiro atoms. The van der Waals surface area contributed by atoms with E-state index in [1.165, 1.54) is 0 Å². The zero-order valence-electron chi connectivity index (χ0n) is 13.5. The van der Waals surface area contributed by atoms with Crippen molar-refractivity contribution < 1.29 is 14.6 Å². The van der Waals surface area contributed by atoms with Crippen molar-refractivity contribution in [2.24, 2.45) is 0 Å². The molecule has 0 radical (unpaired) electrons. The van der Waals surface area contributed by atoms with Gasteiger partial charge in [-0.3, -0.25) is 10.1 Å². The number of aliphatic hydroxyl groups excluding tert-OH is 1. The molecule has 0 saturated carbocycles. The van der Waals surface area contributed by atoms with E-state index < -0.39 is 12.2 Å². The van der Waals surface area contributed by atoms with Gasteiger partial charge >= 0.3 is 6.09 Å². The molecule has 25 heavy (non-hydrogen) atoms. The van der Waals surface area contributed by atoms with E-state index in [4.69, 9.17) is 12.2 Å². The Balaban J connectivity index is 1.85. The first-order valence-corrected chi connectivity index (χ1v) is 8.03. The van der Waals surface area contributed by atoms with E-state index in [1.54, 1.807) is 31.2 Å². The number of alkyl carbamates (subject to hydrolysis) is 1. The molecule has 1 atom stereocenters. The maximum atomic E-state index is 11.7. The van der Waals surface area contributed by atoms with Crippen LogP contribution in [-0.4, -0.2) is 52.3 Å². The number of aromatic nitrogens is 2. The maximum absolute atomic E-state index is 11.7. The van der Waals surface area contributed by atoms with Crippen molar-refractivity contribution in [1.29, 1.82) is 0 Å². The molecule has 0 bridgehead atoms. The van der Waals surface area contributed by atoms with E-state index in [0.29, 0.717) is 16.6 Å². The summed E-state index contributed by atoms with van der Waals surface area (Å²) < 4.78 is 4.69. The number of hydrogen-bond acceptors (Lipinski definition) is 7. The van der Waals surface area contributed by atoms with Gasteiger partial charge < -0.3 is 20.5 Å². The molecular formula is C15H19N5O4S. The van der Waals surface area contributed by atoms with Gasteiger partial charge in [-0.05, 0) is 25.2 Å². The first kappa shape index (κ1) is 18.6. The number of fused-ring (bicyclic) bond motifs is 1. The van der Waals surface area contributed by atoms with Gasteiger partial charge in [0.25, 0.3) is 5.56 Å². The van der Waals surface area contributed by atoms with Crippen LogP contribution in [0.4, 0.5) is 10.6 Å². The van der Waals surface area contributed by atoms with Crippen molar-refractivity contribution in [2.75, 3.05) is 25.0 Å². The standard InChI is InChI=1S/C15H19N5O4S/c1-2-24-15(23)18-14(25)17-8-9(21)7-16-12-10-5-3-4-6-11(10)13(22)20-19-12/h3-6,9,21H,2,7-8H2,1H3,(H,16,19)(H,20,22)(H2,17,18,23,25).